The molecule has 0 spiro atoms. The molecule has 0 bridgehead atoms. The second-order valence-electron chi connectivity index (χ2n) is 37.0. The van der Waals surface area contributed by atoms with E-state index in [2.05, 4.69) is 402 Å². The van der Waals surface area contributed by atoms with E-state index in [1.165, 1.54) is 16.7 Å². The lowest BCUT2D eigenvalue weighted by molar-refractivity contribution is 0.569. The molecule has 0 aliphatic carbocycles. The summed E-state index contributed by atoms with van der Waals surface area (Å²) in [4.78, 5) is 5.20. The summed E-state index contributed by atoms with van der Waals surface area (Å²) < 4.78 is 79.0. The van der Waals surface area contributed by atoms with E-state index in [-0.39, 0.29) is 50.1 Å². The first-order valence-electron chi connectivity index (χ1n) is 46.1. The van der Waals surface area contributed by atoms with Gasteiger partial charge in [-0.2, -0.15) is 0 Å². The second-order valence-corrected chi connectivity index (χ2v) is 37.0. The Kier molecular flexibility index (Phi) is 15.3. The van der Waals surface area contributed by atoms with Crippen LogP contribution in [0.5, 0.6) is 0 Å². The number of fused-ring (bicyclic) bond motifs is 13. The maximum absolute atomic E-state index is 10.1. The third kappa shape index (κ3) is 12.4. The number of nitrogens with zero attached hydrogens (tertiary/aromatic N) is 3. The highest BCUT2D eigenvalue weighted by Gasteiger charge is 2.47. The Hall–Kier alpha value is -13.5. The van der Waals surface area contributed by atoms with Crippen LogP contribution in [-0.4, -0.2) is 11.3 Å². The molecule has 0 amide bonds. The van der Waals surface area contributed by atoms with Crippen molar-refractivity contribution in [2.24, 2.45) is 0 Å². The SMILES string of the molecule is [2H]c1c([2H])c([2H])c2c(c1[2H])c1c([2H])c([2H])c([2H])c([2H])c1n2-c1ccc2c(c1)N(c1c(-c3cc4ccccc4c4ccccc34)cccc1-c1cc3ccccc3c3ccccc13)c1cc(C(C)(C)C)cc3c1B2c1ccc(-c2cc(C(C)(C)C)cc(C(C)(C)C)c2)cc1N3c1c(-c2cccc(-c3ccccc3)c2)cc(C(C)(C)C)cc1-c1cccc(-c2ccccc2)c1. The fraction of sp³-hybridized carbons (Fsp3) is 0.138. The van der Waals surface area contributed by atoms with Crippen molar-refractivity contribution in [1.29, 1.82) is 0 Å². The molecule has 3 nitrogen and oxygen atoms in total. The zero-order valence-corrected chi connectivity index (χ0v) is 69.9. The molecule has 1 aromatic heterocycles. The Morgan fingerprint density at radius 2 is 0.617 bits per heavy atom. The molecule has 18 aromatic carbocycles. The van der Waals surface area contributed by atoms with Crippen LogP contribution >= 0.6 is 0 Å². The monoisotopic (exact) mass is 1550 g/mol. The fourth-order valence-electron chi connectivity index (χ4n) is 19.1. The van der Waals surface area contributed by atoms with Gasteiger partial charge in [0.2, 0.25) is 0 Å². The maximum atomic E-state index is 10.1. The Balaban J connectivity index is 0.983. The van der Waals surface area contributed by atoms with Crippen LogP contribution in [0.3, 0.4) is 0 Å². The van der Waals surface area contributed by atoms with Crippen LogP contribution < -0.4 is 26.2 Å². The van der Waals surface area contributed by atoms with Crippen LogP contribution in [0.2, 0.25) is 0 Å². The lowest BCUT2D eigenvalue weighted by Crippen LogP contribution is -2.61. The van der Waals surface area contributed by atoms with E-state index in [0.29, 0.717) is 5.69 Å². The molecule has 2 aliphatic heterocycles. The molecule has 2 aliphatic rings. The summed E-state index contributed by atoms with van der Waals surface area (Å²) in [6, 6.07) is 113. The highest BCUT2D eigenvalue weighted by Crippen LogP contribution is 2.57. The molecular weight excluding hydrogens is 1450 g/mol. The smallest absolute Gasteiger partial charge is 0.252 e. The second kappa shape index (κ2) is 28.1. The predicted molar refractivity (Wildman–Crippen MR) is 518 cm³/mol. The van der Waals surface area contributed by atoms with Gasteiger partial charge in [0.25, 0.3) is 6.71 Å². The third-order valence-corrected chi connectivity index (χ3v) is 25.3. The molecule has 3 heterocycles. The largest absolute Gasteiger partial charge is 0.310 e. The van der Waals surface area contributed by atoms with Gasteiger partial charge < -0.3 is 14.4 Å². The molecule has 21 rings (SSSR count). The van der Waals surface area contributed by atoms with Crippen LogP contribution in [0.25, 0.3) is 148 Å². The van der Waals surface area contributed by atoms with Gasteiger partial charge in [-0.25, -0.2) is 0 Å². The number of rotatable bonds is 10. The Morgan fingerprint density at radius 1 is 0.242 bits per heavy atom. The molecular formula is C116H96BN3. The van der Waals surface area contributed by atoms with Crippen molar-refractivity contribution in [2.75, 3.05) is 9.80 Å². The van der Waals surface area contributed by atoms with Crippen LogP contribution in [0, 0.1) is 0 Å². The van der Waals surface area contributed by atoms with Gasteiger partial charge >= 0.3 is 0 Å². The van der Waals surface area contributed by atoms with Crippen molar-refractivity contribution < 1.29 is 11.0 Å². The van der Waals surface area contributed by atoms with Gasteiger partial charge in [0.05, 0.1) is 33.4 Å². The van der Waals surface area contributed by atoms with E-state index in [9.17, 15) is 11.0 Å². The zero-order chi connectivity index (χ0) is 88.8. The van der Waals surface area contributed by atoms with Gasteiger partial charge in [-0.15, -0.1) is 0 Å². The molecule has 120 heavy (non-hydrogen) atoms. The average molecular weight is 1550 g/mol. The van der Waals surface area contributed by atoms with Gasteiger partial charge in [-0.05, 0) is 238 Å². The van der Waals surface area contributed by atoms with Crippen LogP contribution in [0.4, 0.5) is 34.1 Å². The number of hydrogen-bond donors (Lipinski definition) is 0. The normalized spacial score (nSPS) is 13.9. The van der Waals surface area contributed by atoms with Gasteiger partial charge in [0.1, 0.15) is 0 Å². The van der Waals surface area contributed by atoms with Gasteiger partial charge in [0.15, 0.2) is 0 Å². The maximum Gasteiger partial charge on any atom is 0.252 e. The summed E-state index contributed by atoms with van der Waals surface area (Å²) in [6.07, 6.45) is 0. The van der Waals surface area contributed by atoms with E-state index in [1.807, 2.05) is 6.07 Å². The minimum atomic E-state index is -0.560. The molecule has 0 N–H and O–H groups in total. The van der Waals surface area contributed by atoms with Crippen molar-refractivity contribution in [3.8, 4) is 83.6 Å². The van der Waals surface area contributed by atoms with Gasteiger partial charge in [-0.1, -0.05) is 368 Å². The van der Waals surface area contributed by atoms with Crippen molar-refractivity contribution >= 4 is 122 Å². The van der Waals surface area contributed by atoms with Gasteiger partial charge in [-0.3, -0.25) is 0 Å². The highest BCUT2D eigenvalue weighted by molar-refractivity contribution is 7.00. The number of anilines is 6. The Bertz CT molecular complexity index is 7570. The van der Waals surface area contributed by atoms with E-state index < -0.39 is 48.4 Å². The third-order valence-electron chi connectivity index (χ3n) is 25.3. The first-order chi connectivity index (χ1) is 61.4. The standard InChI is InChI=1S/C116H96BN3/c1-113(2,3)83-62-82(63-84(67-83)114(4,5)6)77-56-58-102-106(66-77)119(112-98(78-42-31-40-75(60-78)73-34-15-13-16-35-73)68-85(115(7,8)9)69-99(112)79-43-32-41-76(61-79)74-36-17-14-18-37-74)108-70-86(116(10,11)12)71-109-110(108)117(102)103-59-57-87(118-104-54-29-27-50-94(104)95-51-28-30-55-105(95)118)72-107(103)120(109)111-96(100-64-80-38-19-21-44-88(80)90-46-23-25-48-92(90)100)52-33-53-97(111)101-65-81-39-20-22-45-89(81)91-47-24-26-49-93(91)101/h13-72H,1-12H3/i27D,28D,29D,30D,50D,51D,54D,55D. The minimum Gasteiger partial charge on any atom is -0.310 e. The van der Waals surface area contributed by atoms with E-state index in [4.69, 9.17) is 0 Å². The fourth-order valence-corrected chi connectivity index (χ4v) is 19.1. The molecule has 0 radical (unpaired) electrons. The highest BCUT2D eigenvalue weighted by atomic mass is 15.2. The summed E-state index contributed by atoms with van der Waals surface area (Å²) in [5.74, 6) is 0. The first-order valence-corrected chi connectivity index (χ1v) is 42.1. The zero-order valence-electron chi connectivity index (χ0n) is 77.9. The van der Waals surface area contributed by atoms with Crippen LogP contribution in [-0.2, 0) is 21.7 Å². The molecule has 0 atom stereocenters. The number of hydrogen-bond acceptors (Lipinski definition) is 2. The van der Waals surface area contributed by atoms with Crippen molar-refractivity contribution in [2.45, 2.75) is 105 Å². The van der Waals surface area contributed by atoms with Crippen molar-refractivity contribution in [3.05, 3.63) is 386 Å². The summed E-state index contributed by atoms with van der Waals surface area (Å²) in [6.45, 7) is 27.2. The molecule has 0 saturated heterocycles. The minimum absolute atomic E-state index is 0.00370. The van der Waals surface area contributed by atoms with Crippen molar-refractivity contribution in [1.82, 2.24) is 4.57 Å². The number of benzene rings is 18. The molecule has 19 aromatic rings. The van der Waals surface area contributed by atoms with Crippen molar-refractivity contribution in [3.63, 3.8) is 0 Å². The summed E-state index contributed by atoms with van der Waals surface area (Å²) >= 11 is 0. The van der Waals surface area contributed by atoms with E-state index >= 15 is 0 Å². The van der Waals surface area contributed by atoms with E-state index in [1.54, 1.807) is 4.57 Å². The molecule has 0 saturated carbocycles. The molecule has 0 fully saturated rings. The van der Waals surface area contributed by atoms with Crippen LogP contribution in [0.15, 0.2) is 364 Å². The Morgan fingerprint density at radius 3 is 1.10 bits per heavy atom. The van der Waals surface area contributed by atoms with E-state index in [0.717, 1.165) is 177 Å². The lowest BCUT2D eigenvalue weighted by atomic mass is 9.33. The summed E-state index contributed by atoms with van der Waals surface area (Å²) in [5, 5.41) is 8.71. The van der Waals surface area contributed by atoms with Crippen LogP contribution in [0.1, 0.15) is 116 Å². The lowest BCUT2D eigenvalue weighted by Gasteiger charge is -2.46. The molecule has 578 valence electrons. The average Bonchev–Trinajstić information content (AvgIpc) is 0.754. The Labute approximate surface area is 717 Å². The number of aromatic nitrogens is 1. The summed E-state index contributed by atoms with van der Waals surface area (Å²) in [7, 11) is 0. The molecule has 4 heteroatoms. The number of para-hydroxylation sites is 3. The quantitative estimate of drug-likeness (QED) is 0.0999. The molecule has 0 unspecified atom stereocenters. The summed E-state index contributed by atoms with van der Waals surface area (Å²) in [5.41, 5.74) is 26.9. The topological polar surface area (TPSA) is 11.4 Å². The first kappa shape index (κ1) is 65.5. The predicted octanol–water partition coefficient (Wildman–Crippen LogP) is 30.3. The van der Waals surface area contributed by atoms with Gasteiger partial charge in [0, 0.05) is 61.5 Å².